The maximum Gasteiger partial charge on any atom is 0.340 e. The maximum atomic E-state index is 12.3. The molecule has 0 atom stereocenters. The fourth-order valence-corrected chi connectivity index (χ4v) is 2.35. The van der Waals surface area contributed by atoms with E-state index in [1.165, 1.54) is 6.08 Å². The largest absolute Gasteiger partial charge is 0.458 e. The lowest BCUT2D eigenvalue weighted by Crippen LogP contribution is -2.16. The predicted molar refractivity (Wildman–Crippen MR) is 94.0 cm³/mol. The average Bonchev–Trinajstić information content (AvgIpc) is 2.53. The Morgan fingerprint density at radius 2 is 1.95 bits per heavy atom. The van der Waals surface area contributed by atoms with Crippen LogP contribution in [-0.4, -0.2) is 18.5 Å². The van der Waals surface area contributed by atoms with Gasteiger partial charge in [-0.15, -0.1) is 0 Å². The molecule has 22 heavy (non-hydrogen) atoms. The highest BCUT2D eigenvalue weighted by Crippen LogP contribution is 2.18. The van der Waals surface area contributed by atoms with Gasteiger partial charge in [0.25, 0.3) is 5.91 Å². The van der Waals surface area contributed by atoms with Gasteiger partial charge in [-0.25, -0.2) is 4.79 Å². The molecule has 112 valence electrons. The number of halogens is 1. The van der Waals surface area contributed by atoms with Gasteiger partial charge in [0.05, 0.1) is 11.3 Å². The van der Waals surface area contributed by atoms with Crippen LogP contribution in [0.3, 0.4) is 0 Å². The second-order valence-corrected chi connectivity index (χ2v) is 5.64. The average molecular weight is 407 g/mol. The first-order valence-corrected chi connectivity index (χ1v) is 7.63. The molecule has 5 heteroatoms. The zero-order valence-corrected chi connectivity index (χ0v) is 13.9. The van der Waals surface area contributed by atoms with Crippen LogP contribution in [0.25, 0.3) is 0 Å². The molecule has 1 N–H and O–H groups in total. The highest BCUT2D eigenvalue weighted by molar-refractivity contribution is 14.1. The van der Waals surface area contributed by atoms with Crippen molar-refractivity contribution in [1.29, 1.82) is 0 Å². The molecule has 2 rings (SSSR count). The van der Waals surface area contributed by atoms with Crippen LogP contribution in [0.2, 0.25) is 0 Å². The van der Waals surface area contributed by atoms with Crippen LogP contribution in [0, 0.1) is 3.57 Å². The van der Waals surface area contributed by atoms with Crippen LogP contribution < -0.4 is 5.32 Å². The molecule has 0 spiro atoms. The topological polar surface area (TPSA) is 55.4 Å². The van der Waals surface area contributed by atoms with E-state index in [1.807, 2.05) is 6.07 Å². The molecule has 0 fully saturated rings. The van der Waals surface area contributed by atoms with Gasteiger partial charge in [-0.2, -0.15) is 0 Å². The van der Waals surface area contributed by atoms with Crippen LogP contribution in [0.15, 0.2) is 61.2 Å². The van der Waals surface area contributed by atoms with Crippen LogP contribution in [0.4, 0.5) is 5.69 Å². The number of rotatable bonds is 5. The summed E-state index contributed by atoms with van der Waals surface area (Å²) in [7, 11) is 0. The third kappa shape index (κ3) is 4.17. The molecule has 1 amide bonds. The molecule has 0 saturated carbocycles. The summed E-state index contributed by atoms with van der Waals surface area (Å²) in [5, 5.41) is 2.74. The highest BCUT2D eigenvalue weighted by atomic mass is 127. The van der Waals surface area contributed by atoms with Crippen molar-refractivity contribution in [3.63, 3.8) is 0 Å². The van der Waals surface area contributed by atoms with Gasteiger partial charge < -0.3 is 10.1 Å². The summed E-state index contributed by atoms with van der Waals surface area (Å²) in [6.07, 6.45) is 1.49. The zero-order valence-electron chi connectivity index (χ0n) is 11.7. The quantitative estimate of drug-likeness (QED) is 0.465. The summed E-state index contributed by atoms with van der Waals surface area (Å²) in [4.78, 5) is 24.2. The Bertz CT molecular complexity index is 713. The van der Waals surface area contributed by atoms with Crippen molar-refractivity contribution >= 4 is 40.2 Å². The van der Waals surface area contributed by atoms with E-state index in [2.05, 4.69) is 34.5 Å². The Hall–Kier alpha value is -2.15. The number of amides is 1. The number of hydrogen-bond acceptors (Lipinski definition) is 3. The molecule has 0 aromatic heterocycles. The summed E-state index contributed by atoms with van der Waals surface area (Å²) >= 11 is 2.14. The number of ether oxygens (including phenoxy) is 1. The molecule has 2 aromatic rings. The van der Waals surface area contributed by atoms with E-state index in [-0.39, 0.29) is 12.5 Å². The number of anilines is 1. The Morgan fingerprint density at radius 1 is 1.18 bits per heavy atom. The summed E-state index contributed by atoms with van der Waals surface area (Å²) < 4.78 is 5.98. The van der Waals surface area contributed by atoms with Gasteiger partial charge in [0.1, 0.15) is 6.61 Å². The van der Waals surface area contributed by atoms with Gasteiger partial charge in [0.2, 0.25) is 0 Å². The van der Waals surface area contributed by atoms with E-state index in [4.69, 9.17) is 4.74 Å². The van der Waals surface area contributed by atoms with Crippen LogP contribution in [0.5, 0.6) is 0 Å². The minimum Gasteiger partial charge on any atom is -0.458 e. The number of para-hydroxylation sites is 1. The fraction of sp³-hybridized carbons (Fsp3) is 0.0588. The molecule has 2 aromatic carbocycles. The molecule has 0 saturated heterocycles. The lowest BCUT2D eigenvalue weighted by Gasteiger charge is -2.10. The van der Waals surface area contributed by atoms with Gasteiger partial charge in [-0.1, -0.05) is 30.9 Å². The molecule has 0 radical (unpaired) electrons. The summed E-state index contributed by atoms with van der Waals surface area (Å²) in [6, 6.07) is 13.9. The van der Waals surface area contributed by atoms with Gasteiger partial charge in [-0.05, 0) is 52.9 Å². The summed E-state index contributed by atoms with van der Waals surface area (Å²) in [5.41, 5.74) is 1.25. The van der Waals surface area contributed by atoms with Crippen LogP contribution >= 0.6 is 22.6 Å². The second kappa shape index (κ2) is 7.74. The Morgan fingerprint density at radius 3 is 2.68 bits per heavy atom. The molecule has 0 aliphatic heterocycles. The van der Waals surface area contributed by atoms with Gasteiger partial charge >= 0.3 is 5.97 Å². The van der Waals surface area contributed by atoms with E-state index < -0.39 is 5.97 Å². The number of nitrogens with one attached hydrogen (secondary N) is 1. The summed E-state index contributed by atoms with van der Waals surface area (Å²) in [5.74, 6) is -0.777. The number of carbonyl (C=O) groups is 2. The minimum atomic E-state index is -0.501. The minimum absolute atomic E-state index is 0.123. The molecule has 0 bridgehead atoms. The standard InChI is InChI=1S/C17H14INO3/c1-2-10-22-17(21)14-8-3-4-9-15(14)19-16(20)12-6-5-7-13(18)11-12/h2-9,11H,1,10H2,(H,19,20). The van der Waals surface area contributed by atoms with E-state index >= 15 is 0 Å². The number of carbonyl (C=O) groups excluding carboxylic acids is 2. The van der Waals surface area contributed by atoms with Crippen molar-refractivity contribution in [2.45, 2.75) is 0 Å². The molecular formula is C17H14INO3. The first-order valence-electron chi connectivity index (χ1n) is 6.56. The fourth-order valence-electron chi connectivity index (χ4n) is 1.81. The third-order valence-corrected chi connectivity index (χ3v) is 3.49. The normalized spacial score (nSPS) is 9.86. The van der Waals surface area contributed by atoms with Crippen molar-refractivity contribution in [2.75, 3.05) is 11.9 Å². The van der Waals surface area contributed by atoms with E-state index in [0.717, 1.165) is 3.57 Å². The monoisotopic (exact) mass is 407 g/mol. The van der Waals surface area contributed by atoms with E-state index in [0.29, 0.717) is 16.8 Å². The lowest BCUT2D eigenvalue weighted by molar-refractivity contribution is 0.0551. The second-order valence-electron chi connectivity index (χ2n) is 4.40. The van der Waals surface area contributed by atoms with E-state index in [9.17, 15) is 9.59 Å². The molecule has 0 unspecified atom stereocenters. The predicted octanol–water partition coefficient (Wildman–Crippen LogP) is 3.89. The van der Waals surface area contributed by atoms with Gasteiger partial charge in [-0.3, -0.25) is 4.79 Å². The van der Waals surface area contributed by atoms with Crippen molar-refractivity contribution in [3.8, 4) is 0 Å². The third-order valence-electron chi connectivity index (χ3n) is 2.81. The Labute approximate surface area is 142 Å². The van der Waals surface area contributed by atoms with Crippen LogP contribution in [0.1, 0.15) is 20.7 Å². The van der Waals surface area contributed by atoms with E-state index in [1.54, 1.807) is 42.5 Å². The molecule has 0 aliphatic rings. The van der Waals surface area contributed by atoms with Crippen LogP contribution in [-0.2, 0) is 4.74 Å². The van der Waals surface area contributed by atoms with Crippen molar-refractivity contribution in [1.82, 2.24) is 0 Å². The zero-order chi connectivity index (χ0) is 15.9. The smallest absolute Gasteiger partial charge is 0.340 e. The molecule has 0 aliphatic carbocycles. The first-order chi connectivity index (χ1) is 10.6. The van der Waals surface area contributed by atoms with Crippen molar-refractivity contribution < 1.29 is 14.3 Å². The lowest BCUT2D eigenvalue weighted by atomic mass is 10.1. The van der Waals surface area contributed by atoms with Gasteiger partial charge in [0.15, 0.2) is 0 Å². The van der Waals surface area contributed by atoms with Crippen molar-refractivity contribution in [3.05, 3.63) is 75.9 Å². The maximum absolute atomic E-state index is 12.3. The SMILES string of the molecule is C=CCOC(=O)c1ccccc1NC(=O)c1cccc(I)c1. The Kier molecular flexibility index (Phi) is 5.71. The number of benzene rings is 2. The first kappa shape index (κ1) is 16.2. The number of hydrogen-bond donors (Lipinski definition) is 1. The molecule has 0 heterocycles. The molecule has 4 nitrogen and oxygen atoms in total. The summed E-state index contributed by atoms with van der Waals surface area (Å²) in [6.45, 7) is 3.62. The molecular weight excluding hydrogens is 393 g/mol. The highest BCUT2D eigenvalue weighted by Gasteiger charge is 2.14. The van der Waals surface area contributed by atoms with Crippen molar-refractivity contribution in [2.24, 2.45) is 0 Å². The Balaban J connectivity index is 2.21. The number of esters is 1. The van der Waals surface area contributed by atoms with Gasteiger partial charge in [0, 0.05) is 9.13 Å².